The summed E-state index contributed by atoms with van der Waals surface area (Å²) in [6, 6.07) is 3.60. The molecule has 1 heterocycles. The number of piperidine rings is 1. The van der Waals surface area contributed by atoms with Crippen molar-refractivity contribution in [1.29, 1.82) is 0 Å². The maximum Gasteiger partial charge on any atom is 0.160 e. The molecule has 3 nitrogen and oxygen atoms in total. The normalized spacial score (nSPS) is 28.2. The third kappa shape index (κ3) is 1.39. The molecule has 0 unspecified atom stereocenters. The van der Waals surface area contributed by atoms with E-state index in [1.165, 1.54) is 12.0 Å². The largest absolute Gasteiger partial charge is 0.504 e. The molecule has 0 spiro atoms. The maximum atomic E-state index is 9.86. The van der Waals surface area contributed by atoms with Gasteiger partial charge in [0.1, 0.15) is 0 Å². The molecule has 3 heteroatoms. The zero-order chi connectivity index (χ0) is 11.1. The van der Waals surface area contributed by atoms with Gasteiger partial charge in [0.2, 0.25) is 0 Å². The number of aromatic hydroxyl groups is 2. The van der Waals surface area contributed by atoms with Gasteiger partial charge in [0.25, 0.3) is 0 Å². The highest BCUT2D eigenvalue weighted by atomic mass is 16.3. The highest BCUT2D eigenvalue weighted by Gasteiger charge is 2.33. The molecular formula is C13H17NO2. The molecule has 1 aromatic carbocycles. The minimum Gasteiger partial charge on any atom is -0.504 e. The molecule has 0 saturated carbocycles. The Morgan fingerprint density at radius 2 is 2.06 bits per heavy atom. The molecule has 1 saturated heterocycles. The SMILES string of the molecule is Oc1ccc2c(c1O)CC[C@@H]1CCNC[C@@H]21. The molecule has 3 N–H and O–H groups in total. The first kappa shape index (κ1) is 9.97. The summed E-state index contributed by atoms with van der Waals surface area (Å²) < 4.78 is 0. The Morgan fingerprint density at radius 3 is 2.94 bits per heavy atom. The summed E-state index contributed by atoms with van der Waals surface area (Å²) in [6.07, 6.45) is 3.26. The Morgan fingerprint density at radius 1 is 1.19 bits per heavy atom. The van der Waals surface area contributed by atoms with Gasteiger partial charge in [0, 0.05) is 12.1 Å². The van der Waals surface area contributed by atoms with Crippen LogP contribution in [0.2, 0.25) is 0 Å². The van der Waals surface area contributed by atoms with Crippen LogP contribution in [0.5, 0.6) is 11.5 Å². The topological polar surface area (TPSA) is 52.5 Å². The summed E-state index contributed by atoms with van der Waals surface area (Å²) in [5.41, 5.74) is 2.20. The van der Waals surface area contributed by atoms with Crippen molar-refractivity contribution in [2.75, 3.05) is 13.1 Å². The van der Waals surface area contributed by atoms with Gasteiger partial charge in [0.05, 0.1) is 0 Å². The van der Waals surface area contributed by atoms with Gasteiger partial charge in [-0.05, 0) is 49.3 Å². The van der Waals surface area contributed by atoms with Crippen LogP contribution < -0.4 is 5.32 Å². The molecule has 86 valence electrons. The Kier molecular flexibility index (Phi) is 2.28. The molecule has 3 rings (SSSR count). The average Bonchev–Trinajstić information content (AvgIpc) is 2.33. The van der Waals surface area contributed by atoms with Crippen LogP contribution in [0.1, 0.15) is 29.9 Å². The van der Waals surface area contributed by atoms with E-state index in [1.54, 1.807) is 6.07 Å². The van der Waals surface area contributed by atoms with Crippen LogP contribution >= 0.6 is 0 Å². The van der Waals surface area contributed by atoms with E-state index in [1.807, 2.05) is 6.07 Å². The molecule has 16 heavy (non-hydrogen) atoms. The number of nitrogens with one attached hydrogen (secondary N) is 1. The number of fused-ring (bicyclic) bond motifs is 3. The van der Waals surface area contributed by atoms with E-state index in [-0.39, 0.29) is 11.5 Å². The number of phenols is 2. The van der Waals surface area contributed by atoms with Crippen molar-refractivity contribution in [3.05, 3.63) is 23.3 Å². The summed E-state index contributed by atoms with van der Waals surface area (Å²) >= 11 is 0. The molecule has 1 fully saturated rings. The summed E-state index contributed by atoms with van der Waals surface area (Å²) in [4.78, 5) is 0. The number of rotatable bonds is 0. The second kappa shape index (κ2) is 3.67. The van der Waals surface area contributed by atoms with Crippen molar-refractivity contribution >= 4 is 0 Å². The fourth-order valence-corrected chi connectivity index (χ4v) is 3.20. The Balaban J connectivity index is 2.05. The number of benzene rings is 1. The van der Waals surface area contributed by atoms with Gasteiger partial charge in [-0.25, -0.2) is 0 Å². The van der Waals surface area contributed by atoms with E-state index in [4.69, 9.17) is 0 Å². The smallest absolute Gasteiger partial charge is 0.160 e. The van der Waals surface area contributed by atoms with Gasteiger partial charge in [-0.3, -0.25) is 0 Å². The monoisotopic (exact) mass is 219 g/mol. The van der Waals surface area contributed by atoms with Crippen molar-refractivity contribution in [2.45, 2.75) is 25.2 Å². The molecule has 0 aromatic heterocycles. The summed E-state index contributed by atoms with van der Waals surface area (Å²) in [7, 11) is 0. The quantitative estimate of drug-likeness (QED) is 0.582. The Hall–Kier alpha value is -1.22. The first-order valence-electron chi connectivity index (χ1n) is 6.02. The van der Waals surface area contributed by atoms with Crippen molar-refractivity contribution in [1.82, 2.24) is 5.32 Å². The summed E-state index contributed by atoms with van der Waals surface area (Å²) in [5, 5.41) is 22.8. The predicted octanol–water partition coefficient (Wildman–Crippen LogP) is 1.74. The minimum absolute atomic E-state index is 0.0148. The van der Waals surface area contributed by atoms with Crippen LogP contribution in [0.4, 0.5) is 0 Å². The van der Waals surface area contributed by atoms with Crippen LogP contribution in [0, 0.1) is 5.92 Å². The van der Waals surface area contributed by atoms with Gasteiger partial charge in [-0.15, -0.1) is 0 Å². The molecule has 2 aliphatic rings. The number of hydrogen-bond donors (Lipinski definition) is 3. The van der Waals surface area contributed by atoms with E-state index in [0.717, 1.165) is 37.4 Å². The molecule has 2 atom stereocenters. The van der Waals surface area contributed by atoms with Crippen LogP contribution in [-0.2, 0) is 6.42 Å². The van der Waals surface area contributed by atoms with Crippen LogP contribution in [0.25, 0.3) is 0 Å². The zero-order valence-corrected chi connectivity index (χ0v) is 9.24. The lowest BCUT2D eigenvalue weighted by Gasteiger charge is -2.37. The Bertz CT molecular complexity index is 417. The van der Waals surface area contributed by atoms with Gasteiger partial charge >= 0.3 is 0 Å². The van der Waals surface area contributed by atoms with Gasteiger partial charge in [-0.2, -0.15) is 0 Å². The maximum absolute atomic E-state index is 9.86. The van der Waals surface area contributed by atoms with Gasteiger partial charge in [0.15, 0.2) is 11.5 Å². The van der Waals surface area contributed by atoms with E-state index < -0.39 is 0 Å². The van der Waals surface area contributed by atoms with Crippen molar-refractivity contribution in [3.8, 4) is 11.5 Å². The molecule has 0 radical (unpaired) electrons. The second-order valence-corrected chi connectivity index (χ2v) is 4.90. The lowest BCUT2D eigenvalue weighted by atomic mass is 9.72. The molecule has 0 bridgehead atoms. The molecule has 0 amide bonds. The van der Waals surface area contributed by atoms with Crippen LogP contribution in [0.3, 0.4) is 0 Å². The summed E-state index contributed by atoms with van der Waals surface area (Å²) in [5.74, 6) is 1.38. The zero-order valence-electron chi connectivity index (χ0n) is 9.24. The lowest BCUT2D eigenvalue weighted by Crippen LogP contribution is -2.37. The number of phenolic OH excluding ortho intramolecular Hbond substituents is 2. The fraction of sp³-hybridized carbons (Fsp3) is 0.538. The van der Waals surface area contributed by atoms with E-state index in [0.29, 0.717) is 5.92 Å². The lowest BCUT2D eigenvalue weighted by molar-refractivity contribution is 0.286. The van der Waals surface area contributed by atoms with E-state index >= 15 is 0 Å². The third-order valence-corrected chi connectivity index (χ3v) is 4.09. The fourth-order valence-electron chi connectivity index (χ4n) is 3.20. The minimum atomic E-state index is 0.0148. The average molecular weight is 219 g/mol. The summed E-state index contributed by atoms with van der Waals surface area (Å²) in [6.45, 7) is 2.11. The van der Waals surface area contributed by atoms with Crippen molar-refractivity contribution in [2.24, 2.45) is 5.92 Å². The third-order valence-electron chi connectivity index (χ3n) is 4.09. The molecular weight excluding hydrogens is 202 g/mol. The van der Waals surface area contributed by atoms with Crippen LogP contribution in [-0.4, -0.2) is 23.3 Å². The molecule has 1 aromatic rings. The van der Waals surface area contributed by atoms with Crippen molar-refractivity contribution < 1.29 is 10.2 Å². The van der Waals surface area contributed by atoms with Crippen molar-refractivity contribution in [3.63, 3.8) is 0 Å². The van der Waals surface area contributed by atoms with Crippen LogP contribution in [0.15, 0.2) is 12.1 Å². The van der Waals surface area contributed by atoms with E-state index in [2.05, 4.69) is 5.32 Å². The standard InChI is InChI=1S/C13H17NO2/c15-12-4-3-9-10(13(12)16)2-1-8-5-6-14-7-11(8)9/h3-4,8,11,14-16H,1-2,5-7H2/t8-,11-/m1/s1. The number of hydrogen-bond acceptors (Lipinski definition) is 3. The van der Waals surface area contributed by atoms with Gasteiger partial charge < -0.3 is 15.5 Å². The first-order valence-corrected chi connectivity index (χ1v) is 6.02. The predicted molar refractivity (Wildman–Crippen MR) is 61.8 cm³/mol. The molecule has 1 aliphatic carbocycles. The first-order chi connectivity index (χ1) is 7.77. The second-order valence-electron chi connectivity index (χ2n) is 4.90. The molecule has 1 aliphatic heterocycles. The Labute approximate surface area is 95.1 Å². The highest BCUT2D eigenvalue weighted by Crippen LogP contribution is 2.44. The van der Waals surface area contributed by atoms with Gasteiger partial charge in [-0.1, -0.05) is 6.07 Å². The van der Waals surface area contributed by atoms with E-state index in [9.17, 15) is 10.2 Å². The highest BCUT2D eigenvalue weighted by molar-refractivity contribution is 5.51.